The van der Waals surface area contributed by atoms with Crippen molar-refractivity contribution in [1.82, 2.24) is 29.5 Å². The first-order valence-electron chi connectivity index (χ1n) is 10.3. The largest absolute Gasteiger partial charge is 0.358 e. The lowest BCUT2D eigenvalue weighted by Crippen LogP contribution is -2.29. The van der Waals surface area contributed by atoms with Gasteiger partial charge in [-0.2, -0.15) is 0 Å². The lowest BCUT2D eigenvalue weighted by atomic mass is 10.1. The third-order valence-electron chi connectivity index (χ3n) is 5.32. The first-order chi connectivity index (χ1) is 15.7. The molecule has 2 aromatic carbocycles. The van der Waals surface area contributed by atoms with E-state index in [-0.39, 0.29) is 11.2 Å². The topological polar surface area (TPSA) is 101 Å². The number of H-pyrrole nitrogens is 1. The summed E-state index contributed by atoms with van der Waals surface area (Å²) in [6, 6.07) is 12.9. The lowest BCUT2D eigenvalue weighted by Gasteiger charge is -2.23. The predicted octanol–water partition coefficient (Wildman–Crippen LogP) is 4.14. The Morgan fingerprint density at radius 3 is 2.75 bits per heavy atom. The van der Waals surface area contributed by atoms with Gasteiger partial charge in [0.25, 0.3) is 5.56 Å². The second-order valence-electron chi connectivity index (χ2n) is 7.39. The summed E-state index contributed by atoms with van der Waals surface area (Å²) in [6.07, 6.45) is 4.41. The summed E-state index contributed by atoms with van der Waals surface area (Å²) in [6.45, 7) is 2.03. The molecule has 0 saturated carbocycles. The molecule has 0 fully saturated rings. The molecule has 0 aliphatic heterocycles. The van der Waals surface area contributed by atoms with Crippen LogP contribution in [0.1, 0.15) is 31.6 Å². The molecule has 0 aliphatic rings. The number of hydrogen-bond acceptors (Lipinski definition) is 6. The van der Waals surface area contributed by atoms with Crippen LogP contribution in [0.25, 0.3) is 27.8 Å². The minimum atomic E-state index is -0.499. The van der Waals surface area contributed by atoms with Crippen LogP contribution in [0.2, 0.25) is 0 Å². The number of fused-ring (bicyclic) bond motifs is 2. The Morgan fingerprint density at radius 1 is 1.09 bits per heavy atom. The van der Waals surface area contributed by atoms with Gasteiger partial charge in [-0.1, -0.05) is 37.6 Å². The minimum Gasteiger partial charge on any atom is -0.358 e. The fraction of sp³-hybridized carbons (Fsp3) is 0.174. The number of benzene rings is 2. The van der Waals surface area contributed by atoms with Crippen molar-refractivity contribution in [1.29, 1.82) is 0 Å². The lowest BCUT2D eigenvalue weighted by molar-refractivity contribution is 0.587. The molecule has 160 valence electrons. The number of para-hydroxylation sites is 2. The highest BCUT2D eigenvalue weighted by atomic mass is 19.1. The molecule has 0 amide bonds. The molecule has 9 heteroatoms. The molecule has 1 unspecified atom stereocenters. The zero-order valence-corrected chi connectivity index (χ0v) is 17.3. The van der Waals surface area contributed by atoms with Gasteiger partial charge in [0.1, 0.15) is 23.5 Å². The molecule has 8 nitrogen and oxygen atoms in total. The van der Waals surface area contributed by atoms with Gasteiger partial charge in [-0.3, -0.25) is 9.36 Å². The first kappa shape index (κ1) is 19.8. The van der Waals surface area contributed by atoms with Crippen molar-refractivity contribution in [3.8, 4) is 5.69 Å². The van der Waals surface area contributed by atoms with E-state index in [1.165, 1.54) is 17.0 Å². The number of nitrogens with zero attached hydrogens (tertiary/aromatic N) is 5. The average Bonchev–Trinajstić information content (AvgIpc) is 3.29. The van der Waals surface area contributed by atoms with E-state index in [9.17, 15) is 9.18 Å². The van der Waals surface area contributed by atoms with Crippen LogP contribution in [0.15, 0.2) is 66.0 Å². The molecule has 3 aromatic heterocycles. The van der Waals surface area contributed by atoms with Crippen LogP contribution in [-0.4, -0.2) is 29.5 Å². The summed E-state index contributed by atoms with van der Waals surface area (Å²) in [5.74, 6) is 0.446. The van der Waals surface area contributed by atoms with E-state index in [0.717, 1.165) is 6.42 Å². The van der Waals surface area contributed by atoms with Crippen molar-refractivity contribution in [3.05, 3.63) is 83.2 Å². The highest BCUT2D eigenvalue weighted by Gasteiger charge is 2.23. The molecule has 5 aromatic rings. The summed E-state index contributed by atoms with van der Waals surface area (Å²) in [5, 5.41) is 3.80. The molecule has 0 spiro atoms. The number of aromatic nitrogens is 6. The minimum absolute atomic E-state index is 0.156. The van der Waals surface area contributed by atoms with Gasteiger partial charge in [0.15, 0.2) is 11.5 Å². The Hall–Kier alpha value is -4.14. The Balaban J connectivity index is 1.75. The van der Waals surface area contributed by atoms with Crippen molar-refractivity contribution in [2.24, 2.45) is 0 Å². The van der Waals surface area contributed by atoms with Gasteiger partial charge in [-0.25, -0.2) is 24.3 Å². The van der Waals surface area contributed by atoms with Crippen LogP contribution < -0.4 is 10.9 Å². The fourth-order valence-corrected chi connectivity index (χ4v) is 3.84. The monoisotopic (exact) mass is 429 g/mol. The molecular weight excluding hydrogens is 409 g/mol. The smallest absolute Gasteiger partial charge is 0.266 e. The zero-order valence-electron chi connectivity index (χ0n) is 17.3. The van der Waals surface area contributed by atoms with Crippen LogP contribution in [0.5, 0.6) is 0 Å². The van der Waals surface area contributed by atoms with E-state index in [4.69, 9.17) is 4.98 Å². The van der Waals surface area contributed by atoms with Gasteiger partial charge in [0, 0.05) is 0 Å². The molecule has 2 N–H and O–H groups in total. The first-order valence-corrected chi connectivity index (χ1v) is 10.3. The second-order valence-corrected chi connectivity index (χ2v) is 7.39. The van der Waals surface area contributed by atoms with Crippen molar-refractivity contribution in [2.75, 3.05) is 5.32 Å². The summed E-state index contributed by atoms with van der Waals surface area (Å²) >= 11 is 0. The summed E-state index contributed by atoms with van der Waals surface area (Å²) in [5.41, 5.74) is 1.55. The Bertz CT molecular complexity index is 1480. The predicted molar refractivity (Wildman–Crippen MR) is 120 cm³/mol. The van der Waals surface area contributed by atoms with Crippen molar-refractivity contribution >= 4 is 27.9 Å². The molecule has 0 saturated heterocycles. The highest BCUT2D eigenvalue weighted by molar-refractivity contribution is 5.82. The fourth-order valence-electron chi connectivity index (χ4n) is 3.84. The quantitative estimate of drug-likeness (QED) is 0.421. The Kier molecular flexibility index (Phi) is 5.06. The summed E-state index contributed by atoms with van der Waals surface area (Å²) in [7, 11) is 0. The molecule has 32 heavy (non-hydrogen) atoms. The maximum absolute atomic E-state index is 14.8. The Labute approximate surface area is 182 Å². The third kappa shape index (κ3) is 3.37. The third-order valence-corrected chi connectivity index (χ3v) is 5.32. The molecule has 5 rings (SSSR count). The number of aromatic amines is 1. The number of imidazole rings is 1. The Morgan fingerprint density at radius 2 is 1.91 bits per heavy atom. The summed E-state index contributed by atoms with van der Waals surface area (Å²) < 4.78 is 16.2. The van der Waals surface area contributed by atoms with Gasteiger partial charge in [0.2, 0.25) is 0 Å². The SMILES string of the molecule is CCCC(Nc1ncnc2nc[nH]c12)c1nc2ccccc2c(=O)n1-c1ccccc1F. The van der Waals surface area contributed by atoms with E-state index in [2.05, 4.69) is 25.3 Å². The van der Waals surface area contributed by atoms with Gasteiger partial charge < -0.3 is 10.3 Å². The number of anilines is 1. The molecular formula is C23H20FN7O. The highest BCUT2D eigenvalue weighted by Crippen LogP contribution is 2.27. The second kappa shape index (κ2) is 8.18. The average molecular weight is 429 g/mol. The van der Waals surface area contributed by atoms with E-state index in [1.807, 2.05) is 13.0 Å². The van der Waals surface area contributed by atoms with Crippen LogP contribution >= 0.6 is 0 Å². The normalized spacial score (nSPS) is 12.3. The number of nitrogens with one attached hydrogen (secondary N) is 2. The van der Waals surface area contributed by atoms with Gasteiger partial charge in [-0.15, -0.1) is 0 Å². The maximum Gasteiger partial charge on any atom is 0.266 e. The standard InChI is InChI=1S/C23H20FN7O/c1-2-7-17(29-21-19-20(26-12-25-19)27-13-28-21)22-30-16-10-5-3-8-14(16)23(32)31(22)18-11-6-4-9-15(18)24/h3-6,8-13,17H,2,7H2,1H3,(H2,25,26,27,28,29). The molecule has 0 aliphatic carbocycles. The van der Waals surface area contributed by atoms with Crippen LogP contribution in [0.3, 0.4) is 0 Å². The van der Waals surface area contributed by atoms with Gasteiger partial charge in [-0.05, 0) is 30.7 Å². The zero-order chi connectivity index (χ0) is 22.1. The molecule has 0 radical (unpaired) electrons. The van der Waals surface area contributed by atoms with Gasteiger partial charge >= 0.3 is 0 Å². The number of rotatable bonds is 6. The number of halogens is 1. The van der Waals surface area contributed by atoms with E-state index >= 15 is 0 Å². The van der Waals surface area contributed by atoms with E-state index in [0.29, 0.717) is 40.1 Å². The molecule has 3 heterocycles. The maximum atomic E-state index is 14.8. The van der Waals surface area contributed by atoms with Crippen LogP contribution in [-0.2, 0) is 0 Å². The summed E-state index contributed by atoms with van der Waals surface area (Å²) in [4.78, 5) is 34.0. The number of hydrogen-bond donors (Lipinski definition) is 2. The van der Waals surface area contributed by atoms with E-state index in [1.54, 1.807) is 42.7 Å². The van der Waals surface area contributed by atoms with Crippen molar-refractivity contribution < 1.29 is 4.39 Å². The van der Waals surface area contributed by atoms with Crippen molar-refractivity contribution in [3.63, 3.8) is 0 Å². The van der Waals surface area contributed by atoms with E-state index < -0.39 is 11.9 Å². The molecule has 0 bridgehead atoms. The molecule has 1 atom stereocenters. The van der Waals surface area contributed by atoms with Crippen LogP contribution in [0, 0.1) is 5.82 Å². The van der Waals surface area contributed by atoms with Crippen molar-refractivity contribution in [2.45, 2.75) is 25.8 Å². The van der Waals surface area contributed by atoms with Crippen LogP contribution in [0.4, 0.5) is 10.2 Å². The van der Waals surface area contributed by atoms with Gasteiger partial charge in [0.05, 0.1) is 29.0 Å².